The SMILES string of the molecule is CCOC(=O)c1cccc(NC(=O)N2CC[C@@H](CC(=O)N(CC)C(=O)NCCCN(C)C)[C@@H](CC)C2)c1. The van der Waals surface area contributed by atoms with Crippen LogP contribution < -0.4 is 10.6 Å². The van der Waals surface area contributed by atoms with E-state index in [2.05, 4.69) is 17.6 Å². The number of hydrogen-bond acceptors (Lipinski definition) is 6. The molecule has 1 aliphatic heterocycles. The molecule has 1 aromatic carbocycles. The maximum Gasteiger partial charge on any atom is 0.338 e. The Morgan fingerprint density at radius 3 is 2.51 bits per heavy atom. The molecule has 1 saturated heterocycles. The second kappa shape index (κ2) is 15.2. The number of likely N-dealkylation sites (tertiary alicyclic amines) is 1. The van der Waals surface area contributed by atoms with Gasteiger partial charge in [-0.2, -0.15) is 0 Å². The summed E-state index contributed by atoms with van der Waals surface area (Å²) in [6.45, 7) is 8.63. The largest absolute Gasteiger partial charge is 0.462 e. The molecule has 0 saturated carbocycles. The Morgan fingerprint density at radius 1 is 1.11 bits per heavy atom. The van der Waals surface area contributed by atoms with Crippen LogP contribution in [0.4, 0.5) is 15.3 Å². The zero-order chi connectivity index (χ0) is 27.4. The van der Waals surface area contributed by atoms with Gasteiger partial charge in [0.15, 0.2) is 0 Å². The molecule has 0 bridgehead atoms. The van der Waals surface area contributed by atoms with Crippen LogP contribution in [-0.4, -0.2) is 92.1 Å². The number of urea groups is 2. The molecule has 1 aromatic rings. The summed E-state index contributed by atoms with van der Waals surface area (Å²) in [5.74, 6) is -0.358. The minimum Gasteiger partial charge on any atom is -0.462 e. The van der Waals surface area contributed by atoms with Crippen molar-refractivity contribution in [3.8, 4) is 0 Å². The van der Waals surface area contributed by atoms with Crippen molar-refractivity contribution in [1.82, 2.24) is 20.0 Å². The minimum absolute atomic E-state index is 0.101. The summed E-state index contributed by atoms with van der Waals surface area (Å²) in [6.07, 6.45) is 2.61. The van der Waals surface area contributed by atoms with Crippen molar-refractivity contribution in [3.63, 3.8) is 0 Å². The molecular weight excluding hydrogens is 474 g/mol. The minimum atomic E-state index is -0.432. The van der Waals surface area contributed by atoms with Gasteiger partial charge < -0.3 is 25.2 Å². The number of esters is 1. The predicted molar refractivity (Wildman–Crippen MR) is 143 cm³/mol. The number of piperidine rings is 1. The lowest BCUT2D eigenvalue weighted by molar-refractivity contribution is -0.130. The Morgan fingerprint density at radius 2 is 1.86 bits per heavy atom. The van der Waals surface area contributed by atoms with E-state index in [1.54, 1.807) is 43.0 Å². The highest BCUT2D eigenvalue weighted by atomic mass is 16.5. The van der Waals surface area contributed by atoms with Crippen LogP contribution in [0.3, 0.4) is 0 Å². The van der Waals surface area contributed by atoms with Gasteiger partial charge in [-0.3, -0.25) is 9.69 Å². The zero-order valence-corrected chi connectivity index (χ0v) is 22.9. The lowest BCUT2D eigenvalue weighted by Gasteiger charge is -2.38. The van der Waals surface area contributed by atoms with E-state index in [0.717, 1.165) is 19.4 Å². The monoisotopic (exact) mass is 517 g/mol. The van der Waals surface area contributed by atoms with E-state index in [0.29, 0.717) is 43.9 Å². The van der Waals surface area contributed by atoms with Crippen molar-refractivity contribution < 1.29 is 23.9 Å². The predicted octanol–water partition coefficient (Wildman–Crippen LogP) is 3.64. The number of carbonyl (C=O) groups excluding carboxylic acids is 4. The Bertz CT molecular complexity index is 922. The van der Waals surface area contributed by atoms with Gasteiger partial charge in [0.1, 0.15) is 0 Å². The summed E-state index contributed by atoms with van der Waals surface area (Å²) in [5, 5.41) is 5.72. The zero-order valence-electron chi connectivity index (χ0n) is 22.9. The summed E-state index contributed by atoms with van der Waals surface area (Å²) in [4.78, 5) is 55.6. The first kappa shape index (κ1) is 30.1. The van der Waals surface area contributed by atoms with Gasteiger partial charge in [0.2, 0.25) is 5.91 Å². The molecule has 0 spiro atoms. The van der Waals surface area contributed by atoms with Crippen LogP contribution in [0, 0.1) is 11.8 Å². The van der Waals surface area contributed by atoms with E-state index in [1.807, 2.05) is 19.0 Å². The lowest BCUT2D eigenvalue weighted by Crippen LogP contribution is -2.48. The number of nitrogens with zero attached hydrogens (tertiary/aromatic N) is 3. The number of hydrogen-bond donors (Lipinski definition) is 2. The number of benzene rings is 1. The molecule has 37 heavy (non-hydrogen) atoms. The van der Waals surface area contributed by atoms with Crippen LogP contribution in [-0.2, 0) is 9.53 Å². The highest BCUT2D eigenvalue weighted by Gasteiger charge is 2.33. The molecule has 206 valence electrons. The lowest BCUT2D eigenvalue weighted by atomic mass is 9.81. The van der Waals surface area contributed by atoms with Crippen molar-refractivity contribution in [1.29, 1.82) is 0 Å². The molecule has 5 amide bonds. The first-order chi connectivity index (χ1) is 17.7. The fourth-order valence-corrected chi connectivity index (χ4v) is 4.59. The molecule has 0 unspecified atom stereocenters. The van der Waals surface area contributed by atoms with Crippen molar-refractivity contribution in [2.45, 2.75) is 46.5 Å². The summed E-state index contributed by atoms with van der Waals surface area (Å²) in [7, 11) is 3.96. The van der Waals surface area contributed by atoms with Gasteiger partial charge in [0, 0.05) is 38.3 Å². The normalized spacial score (nSPS) is 17.3. The average molecular weight is 518 g/mol. The summed E-state index contributed by atoms with van der Waals surface area (Å²) in [5.41, 5.74) is 0.904. The standard InChI is InChI=1S/C27H43N5O5/c1-6-20-19-31(27(36)29-23-12-9-11-22(17-23)25(34)37-8-3)16-13-21(20)18-24(33)32(7-2)26(35)28-14-10-15-30(4)5/h9,11-12,17,20-21H,6-8,10,13-16,18-19H2,1-5H3,(H,28,35)(H,29,36)/t20-,21-/m0/s1. The third kappa shape index (κ3) is 9.35. The van der Waals surface area contributed by atoms with Crippen LogP contribution in [0.2, 0.25) is 0 Å². The number of imide groups is 1. The Labute approximate surface area is 220 Å². The molecule has 2 rings (SSSR count). The van der Waals surface area contributed by atoms with Crippen molar-refractivity contribution in [2.75, 3.05) is 58.7 Å². The summed E-state index contributed by atoms with van der Waals surface area (Å²) >= 11 is 0. The van der Waals surface area contributed by atoms with E-state index in [9.17, 15) is 19.2 Å². The first-order valence-electron chi connectivity index (χ1n) is 13.3. The maximum absolute atomic E-state index is 13.0. The van der Waals surface area contributed by atoms with Gasteiger partial charge in [0.25, 0.3) is 0 Å². The fourth-order valence-electron chi connectivity index (χ4n) is 4.59. The quantitative estimate of drug-likeness (QED) is 0.342. The van der Waals surface area contributed by atoms with Gasteiger partial charge >= 0.3 is 18.0 Å². The van der Waals surface area contributed by atoms with Crippen LogP contribution >= 0.6 is 0 Å². The molecule has 1 aliphatic rings. The Hall–Kier alpha value is -3.14. The summed E-state index contributed by atoms with van der Waals surface area (Å²) < 4.78 is 5.03. The molecule has 2 atom stereocenters. The molecule has 10 heteroatoms. The number of rotatable bonds is 11. The average Bonchev–Trinajstić information content (AvgIpc) is 2.87. The third-order valence-electron chi connectivity index (χ3n) is 6.69. The smallest absolute Gasteiger partial charge is 0.338 e. The van der Waals surface area contributed by atoms with Crippen LogP contribution in [0.15, 0.2) is 24.3 Å². The number of ether oxygens (including phenoxy) is 1. The molecule has 0 aromatic heterocycles. The number of carbonyl (C=O) groups is 4. The number of amides is 5. The van der Waals surface area contributed by atoms with Crippen LogP contribution in [0.1, 0.15) is 56.8 Å². The van der Waals surface area contributed by atoms with E-state index < -0.39 is 5.97 Å². The molecule has 0 radical (unpaired) electrons. The third-order valence-corrected chi connectivity index (χ3v) is 6.69. The van der Waals surface area contributed by atoms with E-state index in [-0.39, 0.29) is 42.8 Å². The van der Waals surface area contributed by atoms with Crippen molar-refractivity contribution in [2.24, 2.45) is 11.8 Å². The van der Waals surface area contributed by atoms with Gasteiger partial charge in [0.05, 0.1) is 12.2 Å². The maximum atomic E-state index is 13.0. The summed E-state index contributed by atoms with van der Waals surface area (Å²) in [6, 6.07) is 6.09. The second-order valence-corrected chi connectivity index (χ2v) is 9.63. The van der Waals surface area contributed by atoms with Crippen molar-refractivity contribution >= 4 is 29.6 Å². The van der Waals surface area contributed by atoms with Gasteiger partial charge in [-0.1, -0.05) is 19.4 Å². The van der Waals surface area contributed by atoms with E-state index in [4.69, 9.17) is 4.74 Å². The van der Waals surface area contributed by atoms with E-state index in [1.165, 1.54) is 4.90 Å². The topological polar surface area (TPSA) is 111 Å². The van der Waals surface area contributed by atoms with E-state index >= 15 is 0 Å². The first-order valence-corrected chi connectivity index (χ1v) is 13.3. The molecule has 1 fully saturated rings. The molecule has 0 aliphatic carbocycles. The number of anilines is 1. The van der Waals surface area contributed by atoms with Gasteiger partial charge in [-0.05, 0) is 77.4 Å². The molecule has 2 N–H and O–H groups in total. The molecule has 1 heterocycles. The highest BCUT2D eigenvalue weighted by Crippen LogP contribution is 2.30. The van der Waals surface area contributed by atoms with Crippen LogP contribution in [0.5, 0.6) is 0 Å². The van der Waals surface area contributed by atoms with Crippen molar-refractivity contribution in [3.05, 3.63) is 29.8 Å². The number of nitrogens with one attached hydrogen (secondary N) is 2. The van der Waals surface area contributed by atoms with Gasteiger partial charge in [-0.25, -0.2) is 14.4 Å². The fraction of sp³-hybridized carbons (Fsp3) is 0.630. The molecule has 10 nitrogen and oxygen atoms in total. The Balaban J connectivity index is 1.91. The van der Waals surface area contributed by atoms with Gasteiger partial charge in [-0.15, -0.1) is 0 Å². The molecular formula is C27H43N5O5. The highest BCUT2D eigenvalue weighted by molar-refractivity contribution is 5.95. The van der Waals surface area contributed by atoms with Crippen LogP contribution in [0.25, 0.3) is 0 Å². The Kier molecular flexibility index (Phi) is 12.4. The second-order valence-electron chi connectivity index (χ2n) is 9.63.